The zero-order valence-corrected chi connectivity index (χ0v) is 22.9. The van der Waals surface area contributed by atoms with Crippen LogP contribution in [0.1, 0.15) is 42.8 Å². The molecule has 0 spiro atoms. The van der Waals surface area contributed by atoms with E-state index in [1.807, 2.05) is 78.9 Å². The van der Waals surface area contributed by atoms with Crippen LogP contribution in [-0.2, 0) is 35.5 Å². The van der Waals surface area contributed by atoms with Gasteiger partial charge in [-0.1, -0.05) is 54.6 Å². The number of rotatable bonds is 12. The molecule has 4 rings (SSSR count). The monoisotopic (exact) mass is 529 g/mol. The Bertz CT molecular complexity index is 1420. The summed E-state index contributed by atoms with van der Waals surface area (Å²) in [6.45, 7) is 4.21. The number of nitrogens with zero attached hydrogens (tertiary/aromatic N) is 3. The molecule has 4 aromatic rings. The number of hydrogen-bond donors (Lipinski definition) is 0. The van der Waals surface area contributed by atoms with Crippen molar-refractivity contribution in [3.63, 3.8) is 0 Å². The van der Waals surface area contributed by atoms with Gasteiger partial charge in [0.1, 0.15) is 17.3 Å². The Balaban J connectivity index is 1.46. The number of ether oxygens (including phenoxy) is 3. The first-order valence-corrected chi connectivity index (χ1v) is 13.0. The van der Waals surface area contributed by atoms with Crippen molar-refractivity contribution in [2.75, 3.05) is 14.2 Å². The van der Waals surface area contributed by atoms with Crippen LogP contribution in [0.2, 0.25) is 0 Å². The van der Waals surface area contributed by atoms with E-state index < -0.39 is 11.6 Å². The van der Waals surface area contributed by atoms with Gasteiger partial charge in [0, 0.05) is 6.42 Å². The van der Waals surface area contributed by atoms with E-state index in [0.717, 1.165) is 41.1 Å². The van der Waals surface area contributed by atoms with Gasteiger partial charge in [0.15, 0.2) is 5.60 Å². The molecule has 0 unspecified atom stereocenters. The molecular weight excluding hydrogens is 494 g/mol. The lowest BCUT2D eigenvalue weighted by atomic mass is 10.1. The Morgan fingerprint density at radius 2 is 1.41 bits per heavy atom. The van der Waals surface area contributed by atoms with Crippen LogP contribution in [0.25, 0.3) is 0 Å². The zero-order chi connectivity index (χ0) is 27.8. The summed E-state index contributed by atoms with van der Waals surface area (Å²) in [5.41, 5.74) is 1.97. The molecule has 0 bridgehead atoms. The van der Waals surface area contributed by atoms with Gasteiger partial charge in [-0.05, 0) is 67.6 Å². The highest BCUT2D eigenvalue weighted by atomic mass is 16.6. The highest BCUT2D eigenvalue weighted by molar-refractivity contribution is 5.78. The molecule has 0 aliphatic heterocycles. The van der Waals surface area contributed by atoms with Gasteiger partial charge in [0.2, 0.25) is 0 Å². The van der Waals surface area contributed by atoms with Crippen molar-refractivity contribution in [3.8, 4) is 11.5 Å². The Labute approximate surface area is 228 Å². The number of aryl methyl sites for hydroxylation is 2. The first kappa shape index (κ1) is 27.7. The molecule has 0 radical (unpaired) electrons. The number of aromatic nitrogens is 3. The molecule has 3 aromatic carbocycles. The first-order valence-electron chi connectivity index (χ1n) is 13.0. The van der Waals surface area contributed by atoms with E-state index in [1.165, 1.54) is 7.11 Å². The summed E-state index contributed by atoms with van der Waals surface area (Å²) >= 11 is 0. The SMILES string of the molecule is COC(=O)C(C)(C)Oc1ccc(CCCc2nn(Cc3ccccc3)c(=O)n2Cc2ccc(OC)cc2)cc1. The molecule has 0 atom stereocenters. The minimum absolute atomic E-state index is 0.126. The molecule has 8 heteroatoms. The Kier molecular flexibility index (Phi) is 8.86. The van der Waals surface area contributed by atoms with Gasteiger partial charge in [-0.15, -0.1) is 0 Å². The molecule has 0 saturated heterocycles. The predicted molar refractivity (Wildman–Crippen MR) is 149 cm³/mol. The van der Waals surface area contributed by atoms with Crippen molar-refractivity contribution in [3.05, 3.63) is 112 Å². The van der Waals surface area contributed by atoms with Crippen LogP contribution in [0.15, 0.2) is 83.7 Å². The van der Waals surface area contributed by atoms with Crippen LogP contribution in [0.4, 0.5) is 0 Å². The van der Waals surface area contributed by atoms with E-state index in [2.05, 4.69) is 0 Å². The number of carbonyl (C=O) groups is 1. The third-order valence-electron chi connectivity index (χ3n) is 6.51. The fourth-order valence-corrected chi connectivity index (χ4v) is 4.36. The van der Waals surface area contributed by atoms with Gasteiger partial charge in [0.05, 0.1) is 27.3 Å². The summed E-state index contributed by atoms with van der Waals surface area (Å²) in [6, 6.07) is 25.3. The predicted octanol–water partition coefficient (Wildman–Crippen LogP) is 4.66. The average Bonchev–Trinajstić information content (AvgIpc) is 3.23. The van der Waals surface area contributed by atoms with Crippen LogP contribution in [0.5, 0.6) is 11.5 Å². The normalized spacial score (nSPS) is 11.3. The molecule has 0 amide bonds. The maximum Gasteiger partial charge on any atom is 0.349 e. The van der Waals surface area contributed by atoms with Crippen LogP contribution >= 0.6 is 0 Å². The largest absolute Gasteiger partial charge is 0.497 e. The lowest BCUT2D eigenvalue weighted by Gasteiger charge is -2.23. The van der Waals surface area contributed by atoms with Crippen LogP contribution in [0, 0.1) is 0 Å². The smallest absolute Gasteiger partial charge is 0.349 e. The molecule has 0 aliphatic rings. The number of carbonyl (C=O) groups excluding carboxylic acids is 1. The Morgan fingerprint density at radius 1 is 0.795 bits per heavy atom. The zero-order valence-electron chi connectivity index (χ0n) is 22.9. The van der Waals surface area contributed by atoms with Crippen molar-refractivity contribution in [2.45, 2.75) is 51.8 Å². The van der Waals surface area contributed by atoms with Crippen molar-refractivity contribution in [1.82, 2.24) is 14.3 Å². The number of benzene rings is 3. The summed E-state index contributed by atoms with van der Waals surface area (Å²) in [5.74, 6) is 1.70. The summed E-state index contributed by atoms with van der Waals surface area (Å²) < 4.78 is 19.2. The summed E-state index contributed by atoms with van der Waals surface area (Å²) in [5, 5.41) is 4.72. The van der Waals surface area contributed by atoms with Gasteiger partial charge in [-0.2, -0.15) is 5.10 Å². The van der Waals surface area contributed by atoms with Gasteiger partial charge in [0.25, 0.3) is 0 Å². The second-order valence-electron chi connectivity index (χ2n) is 9.88. The molecule has 0 saturated carbocycles. The van der Waals surface area contributed by atoms with E-state index in [1.54, 1.807) is 30.2 Å². The molecule has 0 N–H and O–H groups in total. The van der Waals surface area contributed by atoms with Crippen molar-refractivity contribution < 1.29 is 19.0 Å². The Hall–Kier alpha value is -4.33. The van der Waals surface area contributed by atoms with Crippen LogP contribution < -0.4 is 15.2 Å². The molecule has 8 nitrogen and oxygen atoms in total. The summed E-state index contributed by atoms with van der Waals surface area (Å²) in [6.07, 6.45) is 2.28. The quantitative estimate of drug-likeness (QED) is 0.248. The first-order chi connectivity index (χ1) is 18.8. The van der Waals surface area contributed by atoms with Crippen LogP contribution in [0.3, 0.4) is 0 Å². The minimum Gasteiger partial charge on any atom is -0.497 e. The molecule has 1 heterocycles. The highest BCUT2D eigenvalue weighted by Gasteiger charge is 2.31. The van der Waals surface area contributed by atoms with E-state index in [9.17, 15) is 9.59 Å². The van der Waals surface area contributed by atoms with Gasteiger partial charge in [-0.25, -0.2) is 14.3 Å². The van der Waals surface area contributed by atoms with Crippen molar-refractivity contribution >= 4 is 5.97 Å². The molecule has 204 valence electrons. The van der Waals surface area contributed by atoms with E-state index in [0.29, 0.717) is 25.3 Å². The van der Waals surface area contributed by atoms with Gasteiger partial charge >= 0.3 is 11.7 Å². The standard InChI is InChI=1S/C31H35N3O5/c1-31(2,29(35)38-4)39-27-19-13-23(14-20-27)11-8-12-28-32-34(22-24-9-6-5-7-10-24)30(36)33(28)21-25-15-17-26(37-3)18-16-25/h5-7,9-10,13-20H,8,11-12,21-22H2,1-4H3. The lowest BCUT2D eigenvalue weighted by molar-refractivity contribution is -0.156. The molecule has 0 aliphatic carbocycles. The van der Waals surface area contributed by atoms with E-state index in [4.69, 9.17) is 19.3 Å². The second-order valence-corrected chi connectivity index (χ2v) is 9.88. The van der Waals surface area contributed by atoms with Crippen molar-refractivity contribution in [2.24, 2.45) is 0 Å². The van der Waals surface area contributed by atoms with E-state index >= 15 is 0 Å². The third kappa shape index (κ3) is 7.16. The van der Waals surface area contributed by atoms with Crippen molar-refractivity contribution in [1.29, 1.82) is 0 Å². The summed E-state index contributed by atoms with van der Waals surface area (Å²) in [4.78, 5) is 25.3. The number of hydrogen-bond acceptors (Lipinski definition) is 6. The highest BCUT2D eigenvalue weighted by Crippen LogP contribution is 2.21. The maximum absolute atomic E-state index is 13.4. The minimum atomic E-state index is -1.07. The molecule has 0 fully saturated rings. The van der Waals surface area contributed by atoms with E-state index in [-0.39, 0.29) is 5.69 Å². The molecule has 1 aromatic heterocycles. The fourth-order valence-electron chi connectivity index (χ4n) is 4.36. The lowest BCUT2D eigenvalue weighted by Crippen LogP contribution is -2.39. The summed E-state index contributed by atoms with van der Waals surface area (Å²) in [7, 11) is 2.98. The third-order valence-corrected chi connectivity index (χ3v) is 6.51. The van der Waals surface area contributed by atoms with Gasteiger partial charge in [-0.3, -0.25) is 4.57 Å². The Morgan fingerprint density at radius 3 is 2.05 bits per heavy atom. The maximum atomic E-state index is 13.4. The number of esters is 1. The van der Waals surface area contributed by atoms with Gasteiger partial charge < -0.3 is 14.2 Å². The number of methoxy groups -OCH3 is 2. The second kappa shape index (κ2) is 12.5. The van der Waals surface area contributed by atoms with Crippen LogP contribution in [-0.4, -0.2) is 40.1 Å². The average molecular weight is 530 g/mol. The molecule has 39 heavy (non-hydrogen) atoms. The molecular formula is C31H35N3O5. The fraction of sp³-hybridized carbons (Fsp3) is 0.323. The topological polar surface area (TPSA) is 84.6 Å².